The molecule has 3 rings (SSSR count). The lowest BCUT2D eigenvalue weighted by Crippen LogP contribution is -2.30. The number of nitrogens with zero attached hydrogens (tertiary/aromatic N) is 2. The van der Waals surface area contributed by atoms with Gasteiger partial charge < -0.3 is 4.90 Å². The molecule has 0 radical (unpaired) electrons. The third kappa shape index (κ3) is 3.32. The van der Waals surface area contributed by atoms with E-state index in [9.17, 15) is 9.18 Å². The molecule has 1 saturated heterocycles. The molecule has 4 heteroatoms. The lowest BCUT2D eigenvalue weighted by Gasteiger charge is -2.25. The number of aromatic nitrogens is 1. The number of benzene rings is 1. The van der Waals surface area contributed by atoms with Crippen LogP contribution in [0, 0.1) is 5.82 Å². The first-order valence-electron chi connectivity index (χ1n) is 7.68. The van der Waals surface area contributed by atoms with Crippen LogP contribution in [0.4, 0.5) is 4.39 Å². The Hall–Kier alpha value is -2.23. The maximum Gasteiger partial charge on any atom is 0.223 e. The minimum Gasteiger partial charge on any atom is -0.336 e. The molecular formula is C18H19FN2O. The fourth-order valence-electron chi connectivity index (χ4n) is 3.08. The average Bonchev–Trinajstić information content (AvgIpc) is 3.03. The topological polar surface area (TPSA) is 33.2 Å². The van der Waals surface area contributed by atoms with E-state index in [-0.39, 0.29) is 17.8 Å². The van der Waals surface area contributed by atoms with Crippen molar-refractivity contribution in [3.8, 4) is 0 Å². The van der Waals surface area contributed by atoms with Gasteiger partial charge >= 0.3 is 0 Å². The van der Waals surface area contributed by atoms with Crippen LogP contribution in [0.3, 0.4) is 0 Å². The summed E-state index contributed by atoms with van der Waals surface area (Å²) in [6.07, 6.45) is 6.56. The zero-order valence-corrected chi connectivity index (χ0v) is 12.4. The molecule has 0 saturated carbocycles. The van der Waals surface area contributed by atoms with Gasteiger partial charge in [0, 0.05) is 25.4 Å². The van der Waals surface area contributed by atoms with Gasteiger partial charge in [-0.2, -0.15) is 0 Å². The van der Waals surface area contributed by atoms with E-state index in [4.69, 9.17) is 0 Å². The Kier molecular flexibility index (Phi) is 4.47. The summed E-state index contributed by atoms with van der Waals surface area (Å²) in [4.78, 5) is 18.5. The molecule has 114 valence electrons. The molecule has 1 amide bonds. The summed E-state index contributed by atoms with van der Waals surface area (Å²) in [5, 5.41) is 0. The Labute approximate surface area is 129 Å². The molecule has 0 N–H and O–H groups in total. The highest BCUT2D eigenvalue weighted by Crippen LogP contribution is 2.32. The van der Waals surface area contributed by atoms with Crippen molar-refractivity contribution in [1.82, 2.24) is 9.88 Å². The standard InChI is InChI=1S/C18H19FN2O/c19-16-4-1-3-14(13-16)6-7-18(22)21-12-2-5-17(21)15-8-10-20-11-9-15/h1,3-4,8-11,13,17H,2,5-7,12H2. The molecule has 22 heavy (non-hydrogen) atoms. The molecule has 1 aliphatic heterocycles. The minimum absolute atomic E-state index is 0.142. The number of amides is 1. The SMILES string of the molecule is O=C(CCc1cccc(F)c1)N1CCCC1c1ccncc1. The molecule has 1 fully saturated rings. The van der Waals surface area contributed by atoms with E-state index in [2.05, 4.69) is 4.98 Å². The number of carbonyl (C=O) groups excluding carboxylic acids is 1. The van der Waals surface area contributed by atoms with Crippen molar-refractivity contribution in [3.05, 3.63) is 65.7 Å². The van der Waals surface area contributed by atoms with E-state index in [1.807, 2.05) is 23.1 Å². The first-order chi connectivity index (χ1) is 10.7. The van der Waals surface area contributed by atoms with Crippen molar-refractivity contribution in [2.45, 2.75) is 31.7 Å². The second-order valence-corrected chi connectivity index (χ2v) is 5.66. The second kappa shape index (κ2) is 6.69. The van der Waals surface area contributed by atoms with Gasteiger partial charge in [-0.05, 0) is 54.7 Å². The summed E-state index contributed by atoms with van der Waals surface area (Å²) in [7, 11) is 0. The van der Waals surface area contributed by atoms with Gasteiger partial charge in [0.25, 0.3) is 0 Å². The highest BCUT2D eigenvalue weighted by molar-refractivity contribution is 5.77. The molecule has 0 aliphatic carbocycles. The van der Waals surface area contributed by atoms with E-state index < -0.39 is 0 Å². The number of hydrogen-bond acceptors (Lipinski definition) is 2. The highest BCUT2D eigenvalue weighted by Gasteiger charge is 2.29. The van der Waals surface area contributed by atoms with Crippen molar-refractivity contribution >= 4 is 5.91 Å². The van der Waals surface area contributed by atoms with Crippen LogP contribution in [-0.4, -0.2) is 22.3 Å². The molecule has 1 aromatic carbocycles. The predicted octanol–water partition coefficient (Wildman–Crippen LogP) is 3.52. The van der Waals surface area contributed by atoms with Crippen LogP contribution >= 0.6 is 0 Å². The van der Waals surface area contributed by atoms with Crippen molar-refractivity contribution in [2.75, 3.05) is 6.54 Å². The molecular weight excluding hydrogens is 279 g/mol. The lowest BCUT2D eigenvalue weighted by atomic mass is 10.1. The van der Waals surface area contributed by atoms with Gasteiger partial charge in [-0.1, -0.05) is 12.1 Å². The van der Waals surface area contributed by atoms with Gasteiger partial charge in [-0.15, -0.1) is 0 Å². The fraction of sp³-hybridized carbons (Fsp3) is 0.333. The zero-order chi connectivity index (χ0) is 15.4. The Morgan fingerprint density at radius 2 is 2.09 bits per heavy atom. The first kappa shape index (κ1) is 14.7. The Balaban J connectivity index is 1.64. The van der Waals surface area contributed by atoms with Crippen molar-refractivity contribution in [3.63, 3.8) is 0 Å². The molecule has 0 spiro atoms. The Morgan fingerprint density at radius 1 is 1.27 bits per heavy atom. The van der Waals surface area contributed by atoms with Crippen LogP contribution < -0.4 is 0 Å². The summed E-state index contributed by atoms with van der Waals surface area (Å²) < 4.78 is 13.2. The number of pyridine rings is 1. The highest BCUT2D eigenvalue weighted by atomic mass is 19.1. The summed E-state index contributed by atoms with van der Waals surface area (Å²) in [5.74, 6) is -0.107. The number of likely N-dealkylation sites (tertiary alicyclic amines) is 1. The van der Waals surface area contributed by atoms with Crippen LogP contribution in [0.5, 0.6) is 0 Å². The molecule has 1 aliphatic rings. The predicted molar refractivity (Wildman–Crippen MR) is 82.6 cm³/mol. The number of rotatable bonds is 4. The Bertz CT molecular complexity index is 645. The first-order valence-corrected chi connectivity index (χ1v) is 7.68. The zero-order valence-electron chi connectivity index (χ0n) is 12.4. The average molecular weight is 298 g/mol. The van der Waals surface area contributed by atoms with E-state index in [1.54, 1.807) is 18.5 Å². The van der Waals surface area contributed by atoms with Gasteiger partial charge in [0.1, 0.15) is 5.82 Å². The van der Waals surface area contributed by atoms with E-state index in [0.29, 0.717) is 12.8 Å². The van der Waals surface area contributed by atoms with Gasteiger partial charge in [-0.25, -0.2) is 4.39 Å². The lowest BCUT2D eigenvalue weighted by molar-refractivity contribution is -0.132. The largest absolute Gasteiger partial charge is 0.336 e. The maximum atomic E-state index is 13.2. The summed E-state index contributed by atoms with van der Waals surface area (Å²) in [5.41, 5.74) is 2.01. The number of halogens is 1. The van der Waals surface area contributed by atoms with Crippen LogP contribution in [0.1, 0.15) is 36.4 Å². The van der Waals surface area contributed by atoms with Crippen LogP contribution in [0.2, 0.25) is 0 Å². The normalized spacial score (nSPS) is 17.7. The van der Waals surface area contributed by atoms with E-state index >= 15 is 0 Å². The van der Waals surface area contributed by atoms with Gasteiger partial charge in [0.05, 0.1) is 6.04 Å². The molecule has 1 unspecified atom stereocenters. The van der Waals surface area contributed by atoms with Crippen LogP contribution in [0.25, 0.3) is 0 Å². The van der Waals surface area contributed by atoms with Crippen molar-refractivity contribution in [2.24, 2.45) is 0 Å². The molecule has 1 atom stereocenters. The summed E-state index contributed by atoms with van der Waals surface area (Å²) >= 11 is 0. The second-order valence-electron chi connectivity index (χ2n) is 5.66. The van der Waals surface area contributed by atoms with Gasteiger partial charge in [-0.3, -0.25) is 9.78 Å². The maximum absolute atomic E-state index is 13.2. The van der Waals surface area contributed by atoms with Crippen molar-refractivity contribution < 1.29 is 9.18 Å². The van der Waals surface area contributed by atoms with Crippen molar-refractivity contribution in [1.29, 1.82) is 0 Å². The third-order valence-corrected chi connectivity index (χ3v) is 4.18. The van der Waals surface area contributed by atoms with E-state index in [1.165, 1.54) is 12.1 Å². The number of carbonyl (C=O) groups is 1. The molecule has 2 aromatic rings. The molecule has 0 bridgehead atoms. The summed E-state index contributed by atoms with van der Waals surface area (Å²) in [6.45, 7) is 0.801. The monoisotopic (exact) mass is 298 g/mol. The van der Waals surface area contributed by atoms with E-state index in [0.717, 1.165) is 30.5 Å². The molecule has 3 nitrogen and oxygen atoms in total. The fourth-order valence-corrected chi connectivity index (χ4v) is 3.08. The Morgan fingerprint density at radius 3 is 2.86 bits per heavy atom. The number of hydrogen-bond donors (Lipinski definition) is 0. The van der Waals surface area contributed by atoms with Crippen LogP contribution in [0.15, 0.2) is 48.8 Å². The molecule has 2 heterocycles. The van der Waals surface area contributed by atoms with Gasteiger partial charge in [0.15, 0.2) is 0 Å². The third-order valence-electron chi connectivity index (χ3n) is 4.18. The number of aryl methyl sites for hydroxylation is 1. The van der Waals surface area contributed by atoms with Gasteiger partial charge in [0.2, 0.25) is 5.91 Å². The quantitative estimate of drug-likeness (QED) is 0.865. The molecule has 1 aromatic heterocycles. The summed E-state index contributed by atoms with van der Waals surface area (Å²) in [6, 6.07) is 10.6. The van der Waals surface area contributed by atoms with Crippen LogP contribution in [-0.2, 0) is 11.2 Å². The smallest absolute Gasteiger partial charge is 0.223 e. The minimum atomic E-state index is -0.249.